The van der Waals surface area contributed by atoms with E-state index in [4.69, 9.17) is 15.5 Å². The fourth-order valence-electron chi connectivity index (χ4n) is 3.23. The molecule has 0 aliphatic heterocycles. The van der Waals surface area contributed by atoms with E-state index in [1.54, 1.807) is 13.2 Å². The zero-order chi connectivity index (χ0) is 21.1. The Morgan fingerprint density at radius 1 is 1.20 bits per heavy atom. The molecule has 1 aromatic carbocycles. The highest BCUT2D eigenvalue weighted by atomic mass is 16.5. The van der Waals surface area contributed by atoms with Crippen molar-refractivity contribution >= 4 is 16.9 Å². The molecule has 0 amide bonds. The average molecular weight is 404 g/mol. The molecule has 0 aliphatic rings. The third-order valence-corrected chi connectivity index (χ3v) is 4.83. The topological polar surface area (TPSA) is 122 Å². The SMILES string of the molecule is CNCC(O)COc1cccc(-c2nc(N)c(C)c(-c3cnc4[nH]ccc4c3)n2)c1. The van der Waals surface area contributed by atoms with Crippen LogP contribution in [0.5, 0.6) is 5.75 Å². The van der Waals surface area contributed by atoms with Crippen LogP contribution in [-0.4, -0.2) is 51.3 Å². The van der Waals surface area contributed by atoms with Crippen LogP contribution in [0.3, 0.4) is 0 Å². The zero-order valence-corrected chi connectivity index (χ0v) is 16.9. The van der Waals surface area contributed by atoms with E-state index in [9.17, 15) is 5.11 Å². The number of nitrogens with one attached hydrogen (secondary N) is 2. The van der Waals surface area contributed by atoms with Crippen molar-refractivity contribution in [2.75, 3.05) is 25.9 Å². The van der Waals surface area contributed by atoms with Crippen LogP contribution in [-0.2, 0) is 0 Å². The Bertz CT molecular complexity index is 1170. The van der Waals surface area contributed by atoms with E-state index in [1.807, 2.05) is 49.5 Å². The molecule has 0 fully saturated rings. The van der Waals surface area contributed by atoms with Crippen molar-refractivity contribution in [2.24, 2.45) is 0 Å². The molecule has 4 aromatic rings. The number of hydrogen-bond acceptors (Lipinski definition) is 7. The first-order valence-corrected chi connectivity index (χ1v) is 9.68. The van der Waals surface area contributed by atoms with Gasteiger partial charge in [0.05, 0.1) is 5.69 Å². The fourth-order valence-corrected chi connectivity index (χ4v) is 3.23. The van der Waals surface area contributed by atoms with E-state index < -0.39 is 6.10 Å². The summed E-state index contributed by atoms with van der Waals surface area (Å²) in [5.74, 6) is 1.55. The van der Waals surface area contributed by atoms with Crippen LogP contribution < -0.4 is 15.8 Å². The maximum absolute atomic E-state index is 9.85. The van der Waals surface area contributed by atoms with Gasteiger partial charge in [-0.2, -0.15) is 0 Å². The lowest BCUT2D eigenvalue weighted by Gasteiger charge is -2.13. The Balaban J connectivity index is 1.67. The van der Waals surface area contributed by atoms with E-state index in [1.165, 1.54) is 0 Å². The Labute approximate surface area is 174 Å². The number of fused-ring (bicyclic) bond motifs is 1. The summed E-state index contributed by atoms with van der Waals surface area (Å²) in [6.45, 7) is 2.55. The highest BCUT2D eigenvalue weighted by molar-refractivity contribution is 5.82. The Morgan fingerprint density at radius 3 is 2.90 bits per heavy atom. The first-order chi connectivity index (χ1) is 14.5. The van der Waals surface area contributed by atoms with E-state index in [2.05, 4.69) is 20.3 Å². The standard InChI is InChI=1S/C22H24N6O2/c1-13-19(16-8-15-6-7-25-21(15)26-10-16)27-22(28-20(13)23)14-4-3-5-18(9-14)30-12-17(29)11-24-2/h3-10,17,24,29H,11-12H2,1-2H3,(H,25,26)(H2,23,27,28). The van der Waals surface area contributed by atoms with Crippen molar-refractivity contribution in [3.05, 3.63) is 54.4 Å². The number of pyridine rings is 1. The molecular formula is C22H24N6O2. The minimum Gasteiger partial charge on any atom is -0.491 e. The largest absolute Gasteiger partial charge is 0.491 e. The third-order valence-electron chi connectivity index (χ3n) is 4.83. The van der Waals surface area contributed by atoms with Gasteiger partial charge in [-0.15, -0.1) is 0 Å². The molecule has 8 heteroatoms. The average Bonchev–Trinajstić information content (AvgIpc) is 3.22. The second kappa shape index (κ2) is 8.48. The van der Waals surface area contributed by atoms with Crippen LogP contribution in [0.2, 0.25) is 0 Å². The maximum atomic E-state index is 9.85. The van der Waals surface area contributed by atoms with Crippen LogP contribution in [0.4, 0.5) is 5.82 Å². The zero-order valence-electron chi connectivity index (χ0n) is 16.9. The number of aromatic nitrogens is 4. The predicted octanol–water partition coefficient (Wildman–Crippen LogP) is 2.54. The Morgan fingerprint density at radius 2 is 2.07 bits per heavy atom. The van der Waals surface area contributed by atoms with Gasteiger partial charge in [0.25, 0.3) is 0 Å². The molecular weight excluding hydrogens is 380 g/mol. The van der Waals surface area contributed by atoms with Gasteiger partial charge < -0.3 is 25.9 Å². The second-order valence-electron chi connectivity index (χ2n) is 7.10. The highest BCUT2D eigenvalue weighted by Gasteiger charge is 2.14. The van der Waals surface area contributed by atoms with Gasteiger partial charge in [-0.1, -0.05) is 12.1 Å². The number of nitrogen functional groups attached to an aromatic ring is 1. The van der Waals surface area contributed by atoms with Gasteiger partial charge >= 0.3 is 0 Å². The number of likely N-dealkylation sites (N-methyl/N-ethyl adjacent to an activating group) is 1. The van der Waals surface area contributed by atoms with Gasteiger partial charge in [0, 0.05) is 41.0 Å². The summed E-state index contributed by atoms with van der Waals surface area (Å²) in [7, 11) is 1.78. The van der Waals surface area contributed by atoms with Crippen molar-refractivity contribution < 1.29 is 9.84 Å². The summed E-state index contributed by atoms with van der Waals surface area (Å²) in [4.78, 5) is 16.8. The van der Waals surface area contributed by atoms with Crippen molar-refractivity contribution in [3.8, 4) is 28.4 Å². The first-order valence-electron chi connectivity index (χ1n) is 9.68. The lowest BCUT2D eigenvalue weighted by molar-refractivity contribution is 0.108. The summed E-state index contributed by atoms with van der Waals surface area (Å²) in [6, 6.07) is 11.4. The van der Waals surface area contributed by atoms with Crippen LogP contribution in [0.25, 0.3) is 33.7 Å². The Hall–Kier alpha value is -3.49. The number of anilines is 1. The smallest absolute Gasteiger partial charge is 0.162 e. The molecule has 30 heavy (non-hydrogen) atoms. The van der Waals surface area contributed by atoms with Crippen LogP contribution in [0.15, 0.2) is 48.8 Å². The van der Waals surface area contributed by atoms with Crippen molar-refractivity contribution in [1.29, 1.82) is 0 Å². The summed E-state index contributed by atoms with van der Waals surface area (Å²) in [6.07, 6.45) is 3.04. The van der Waals surface area contributed by atoms with Crippen LogP contribution in [0, 0.1) is 6.92 Å². The number of rotatable bonds is 7. The van der Waals surface area contributed by atoms with E-state index in [0.717, 1.165) is 33.4 Å². The summed E-state index contributed by atoms with van der Waals surface area (Å²) in [5.41, 5.74) is 10.2. The number of ether oxygens (including phenoxy) is 1. The number of hydrogen-bond donors (Lipinski definition) is 4. The van der Waals surface area contributed by atoms with Gasteiger partial charge in [-0.25, -0.2) is 15.0 Å². The molecule has 3 heterocycles. The maximum Gasteiger partial charge on any atom is 0.162 e. The second-order valence-corrected chi connectivity index (χ2v) is 7.10. The third kappa shape index (κ3) is 4.10. The molecule has 0 saturated heterocycles. The van der Waals surface area contributed by atoms with Crippen LogP contribution in [0.1, 0.15) is 5.56 Å². The van der Waals surface area contributed by atoms with Gasteiger partial charge in [0.15, 0.2) is 5.82 Å². The van der Waals surface area contributed by atoms with Gasteiger partial charge in [-0.3, -0.25) is 0 Å². The minimum absolute atomic E-state index is 0.189. The molecule has 1 atom stereocenters. The van der Waals surface area contributed by atoms with Crippen molar-refractivity contribution in [2.45, 2.75) is 13.0 Å². The molecule has 1 unspecified atom stereocenters. The van der Waals surface area contributed by atoms with Gasteiger partial charge in [-0.05, 0) is 38.2 Å². The van der Waals surface area contributed by atoms with Gasteiger partial charge in [0.1, 0.15) is 29.9 Å². The number of H-pyrrole nitrogens is 1. The number of aliphatic hydroxyl groups is 1. The molecule has 154 valence electrons. The normalized spacial score (nSPS) is 12.2. The summed E-state index contributed by atoms with van der Waals surface area (Å²) >= 11 is 0. The van der Waals surface area contributed by atoms with Crippen molar-refractivity contribution in [1.82, 2.24) is 25.3 Å². The van der Waals surface area contributed by atoms with E-state index >= 15 is 0 Å². The predicted molar refractivity (Wildman–Crippen MR) is 117 cm³/mol. The van der Waals surface area contributed by atoms with Crippen LogP contribution >= 0.6 is 0 Å². The molecule has 3 aromatic heterocycles. The molecule has 4 rings (SSSR count). The number of nitrogens with two attached hydrogens (primary N) is 1. The molecule has 0 radical (unpaired) electrons. The highest BCUT2D eigenvalue weighted by Crippen LogP contribution is 2.30. The van der Waals surface area contributed by atoms with Gasteiger partial charge in [0.2, 0.25) is 0 Å². The number of benzene rings is 1. The molecule has 0 aliphatic carbocycles. The summed E-state index contributed by atoms with van der Waals surface area (Å²) < 4.78 is 5.70. The summed E-state index contributed by atoms with van der Waals surface area (Å²) in [5, 5.41) is 13.8. The quantitative estimate of drug-likeness (QED) is 0.373. The molecule has 8 nitrogen and oxygen atoms in total. The minimum atomic E-state index is -0.590. The van der Waals surface area contributed by atoms with E-state index in [-0.39, 0.29) is 6.61 Å². The van der Waals surface area contributed by atoms with E-state index in [0.29, 0.717) is 23.9 Å². The number of aromatic amines is 1. The number of nitrogens with zero attached hydrogens (tertiary/aromatic N) is 3. The fraction of sp³-hybridized carbons (Fsp3) is 0.227. The molecule has 0 saturated carbocycles. The lowest BCUT2D eigenvalue weighted by Crippen LogP contribution is -2.29. The monoisotopic (exact) mass is 404 g/mol. The molecule has 0 bridgehead atoms. The molecule has 5 N–H and O–H groups in total. The van der Waals surface area contributed by atoms with Crippen molar-refractivity contribution in [3.63, 3.8) is 0 Å². The lowest BCUT2D eigenvalue weighted by atomic mass is 10.1. The number of aliphatic hydroxyl groups excluding tert-OH is 1. The molecule has 0 spiro atoms. The first kappa shape index (κ1) is 19.8. The Kier molecular flexibility index (Phi) is 5.60.